The van der Waals surface area contributed by atoms with Crippen LogP contribution in [-0.4, -0.2) is 48.5 Å². The Balaban J connectivity index is 1.58. The number of aliphatic hydroxyl groups excluding tert-OH is 2. The lowest BCUT2D eigenvalue weighted by Crippen LogP contribution is -2.24. The van der Waals surface area contributed by atoms with Gasteiger partial charge < -0.3 is 20.3 Å². The van der Waals surface area contributed by atoms with Gasteiger partial charge in [-0.05, 0) is 34.2 Å². The summed E-state index contributed by atoms with van der Waals surface area (Å²) in [7, 11) is 0. The Kier molecular flexibility index (Phi) is 5.02. The molecule has 1 aliphatic rings. The van der Waals surface area contributed by atoms with E-state index in [9.17, 15) is 10.2 Å². The van der Waals surface area contributed by atoms with Gasteiger partial charge >= 0.3 is 0 Å². The molecule has 9 heteroatoms. The molecule has 136 valence electrons. The zero-order chi connectivity index (χ0) is 18.1. The number of aliphatic hydroxyl groups is 2. The van der Waals surface area contributed by atoms with Crippen LogP contribution in [0.2, 0.25) is 0 Å². The second-order valence-electron chi connectivity index (χ2n) is 6.11. The summed E-state index contributed by atoms with van der Waals surface area (Å²) in [6.45, 7) is 0.408. The lowest BCUT2D eigenvalue weighted by Gasteiger charge is -2.13. The van der Waals surface area contributed by atoms with Gasteiger partial charge in [0.05, 0.1) is 19.0 Å². The minimum absolute atomic E-state index is 0.220. The molecule has 0 saturated carbocycles. The number of nitrogens with one attached hydrogen (secondary N) is 1. The van der Waals surface area contributed by atoms with Gasteiger partial charge in [-0.3, -0.25) is 4.57 Å². The minimum Gasteiger partial charge on any atom is -0.394 e. The van der Waals surface area contributed by atoms with E-state index in [0.29, 0.717) is 29.9 Å². The normalized spacial score (nSPS) is 22.8. The van der Waals surface area contributed by atoms with Crippen LogP contribution in [0.5, 0.6) is 0 Å². The summed E-state index contributed by atoms with van der Waals surface area (Å²) in [6, 6.07) is 8.13. The zero-order valence-corrected chi connectivity index (χ0v) is 15.9. The summed E-state index contributed by atoms with van der Waals surface area (Å²) in [5, 5.41) is 22.5. The highest BCUT2D eigenvalue weighted by Crippen LogP contribution is 2.31. The monoisotopic (exact) mass is 467 g/mol. The summed E-state index contributed by atoms with van der Waals surface area (Å²) in [5.41, 5.74) is 2.44. The summed E-state index contributed by atoms with van der Waals surface area (Å²) in [6.07, 6.45) is 1.79. The van der Waals surface area contributed by atoms with Crippen molar-refractivity contribution in [1.82, 2.24) is 19.5 Å². The molecule has 0 bridgehead atoms. The van der Waals surface area contributed by atoms with Gasteiger partial charge in [0.2, 0.25) is 0 Å². The van der Waals surface area contributed by atoms with E-state index in [1.807, 2.05) is 12.1 Å². The maximum atomic E-state index is 9.96. The zero-order valence-electron chi connectivity index (χ0n) is 13.8. The number of anilines is 1. The van der Waals surface area contributed by atoms with Crippen LogP contribution in [-0.2, 0) is 11.3 Å². The van der Waals surface area contributed by atoms with Crippen molar-refractivity contribution in [3.63, 3.8) is 0 Å². The van der Waals surface area contributed by atoms with Crippen LogP contribution in [0.3, 0.4) is 0 Å². The van der Waals surface area contributed by atoms with E-state index >= 15 is 0 Å². The largest absolute Gasteiger partial charge is 0.394 e. The van der Waals surface area contributed by atoms with Crippen LogP contribution in [0.1, 0.15) is 18.2 Å². The summed E-state index contributed by atoms with van der Waals surface area (Å²) >= 11 is 2.31. The van der Waals surface area contributed by atoms with Crippen molar-refractivity contribution in [2.45, 2.75) is 31.4 Å². The molecule has 1 aromatic carbocycles. The highest BCUT2D eigenvalue weighted by Gasteiger charge is 2.35. The second kappa shape index (κ2) is 7.43. The number of rotatable bonds is 5. The molecular formula is C17H18IN5O3. The molecule has 3 heterocycles. The quantitative estimate of drug-likeness (QED) is 0.491. The van der Waals surface area contributed by atoms with Gasteiger partial charge in [0, 0.05) is 16.5 Å². The molecule has 4 rings (SSSR count). The Hall–Kier alpha value is -1.82. The number of fused-ring (bicyclic) bond motifs is 1. The van der Waals surface area contributed by atoms with Gasteiger partial charge in [0.25, 0.3) is 0 Å². The van der Waals surface area contributed by atoms with E-state index in [2.05, 4.69) is 55.0 Å². The van der Waals surface area contributed by atoms with E-state index in [4.69, 9.17) is 4.74 Å². The first-order valence-corrected chi connectivity index (χ1v) is 9.34. The fourth-order valence-electron chi connectivity index (χ4n) is 3.06. The van der Waals surface area contributed by atoms with Crippen molar-refractivity contribution >= 4 is 39.6 Å². The first-order valence-electron chi connectivity index (χ1n) is 8.26. The first-order chi connectivity index (χ1) is 12.7. The van der Waals surface area contributed by atoms with Crippen molar-refractivity contribution < 1.29 is 14.9 Å². The van der Waals surface area contributed by atoms with Gasteiger partial charge in [0.15, 0.2) is 17.0 Å². The SMILES string of the molecule is OC[C@H]1OC(n2cnc3c(NCc4ccccc4I)ncnc32)C[C@@H]1O. The Bertz CT molecular complexity index is 918. The lowest BCUT2D eigenvalue weighted by molar-refractivity contribution is -0.0432. The van der Waals surface area contributed by atoms with E-state index in [1.165, 1.54) is 15.5 Å². The van der Waals surface area contributed by atoms with Gasteiger partial charge in [-0.1, -0.05) is 18.2 Å². The standard InChI is InChI=1S/C17H18IN5O3/c18-11-4-2-1-3-10(11)6-19-16-15-17(21-8-20-16)23(9-22-15)14-5-12(25)13(7-24)26-14/h1-4,8-9,12-14,24-25H,5-7H2,(H,19,20,21)/t12-,13+,14?/m0/s1. The van der Waals surface area contributed by atoms with Crippen LogP contribution in [0.15, 0.2) is 36.9 Å². The summed E-state index contributed by atoms with van der Waals surface area (Å²) in [5.74, 6) is 0.644. The molecule has 8 nitrogen and oxygen atoms in total. The Morgan fingerprint density at radius 2 is 2.12 bits per heavy atom. The van der Waals surface area contributed by atoms with Crippen molar-refractivity contribution in [1.29, 1.82) is 0 Å². The molecule has 0 aliphatic carbocycles. The van der Waals surface area contributed by atoms with E-state index in [1.54, 1.807) is 10.9 Å². The number of hydrogen-bond acceptors (Lipinski definition) is 7. The maximum Gasteiger partial charge on any atom is 0.167 e. The number of halogens is 1. The fraction of sp³-hybridized carbons (Fsp3) is 0.353. The smallest absolute Gasteiger partial charge is 0.167 e. The Morgan fingerprint density at radius 3 is 2.88 bits per heavy atom. The number of imidazole rings is 1. The Labute approximate surface area is 163 Å². The molecule has 26 heavy (non-hydrogen) atoms. The first kappa shape index (κ1) is 17.6. The van der Waals surface area contributed by atoms with Crippen LogP contribution in [0, 0.1) is 3.57 Å². The van der Waals surface area contributed by atoms with Crippen LogP contribution in [0.25, 0.3) is 11.2 Å². The third kappa shape index (κ3) is 3.27. The number of benzene rings is 1. The summed E-state index contributed by atoms with van der Waals surface area (Å²) < 4.78 is 8.65. The topological polar surface area (TPSA) is 105 Å². The molecule has 0 amide bonds. The molecule has 1 fully saturated rings. The van der Waals surface area contributed by atoms with Crippen molar-refractivity contribution in [3.8, 4) is 0 Å². The predicted molar refractivity (Wildman–Crippen MR) is 103 cm³/mol. The minimum atomic E-state index is -0.706. The predicted octanol–water partition coefficient (Wildman–Crippen LogP) is 1.68. The maximum absolute atomic E-state index is 9.96. The van der Waals surface area contributed by atoms with E-state index < -0.39 is 18.4 Å². The van der Waals surface area contributed by atoms with Gasteiger partial charge in [-0.25, -0.2) is 15.0 Å². The number of aromatic nitrogens is 4. The van der Waals surface area contributed by atoms with E-state index in [0.717, 1.165) is 0 Å². The van der Waals surface area contributed by atoms with Gasteiger partial charge in [-0.2, -0.15) is 0 Å². The number of nitrogens with zero attached hydrogens (tertiary/aromatic N) is 4. The average molecular weight is 467 g/mol. The number of ether oxygens (including phenoxy) is 1. The van der Waals surface area contributed by atoms with Gasteiger partial charge in [-0.15, -0.1) is 0 Å². The van der Waals surface area contributed by atoms with Crippen molar-refractivity contribution in [2.24, 2.45) is 0 Å². The molecule has 1 saturated heterocycles. The lowest BCUT2D eigenvalue weighted by atomic mass is 10.2. The molecular weight excluding hydrogens is 449 g/mol. The second-order valence-corrected chi connectivity index (χ2v) is 7.27. The van der Waals surface area contributed by atoms with Crippen LogP contribution < -0.4 is 5.32 Å². The highest BCUT2D eigenvalue weighted by molar-refractivity contribution is 14.1. The van der Waals surface area contributed by atoms with E-state index in [-0.39, 0.29) is 6.61 Å². The van der Waals surface area contributed by atoms with Gasteiger partial charge in [0.1, 0.15) is 18.7 Å². The summed E-state index contributed by atoms with van der Waals surface area (Å²) in [4.78, 5) is 13.0. The van der Waals surface area contributed by atoms with Crippen LogP contribution >= 0.6 is 22.6 Å². The third-order valence-corrected chi connectivity index (χ3v) is 5.51. The molecule has 0 radical (unpaired) electrons. The average Bonchev–Trinajstić information content (AvgIpc) is 3.24. The van der Waals surface area contributed by atoms with Crippen LogP contribution in [0.4, 0.5) is 5.82 Å². The van der Waals surface area contributed by atoms with Crippen molar-refractivity contribution in [3.05, 3.63) is 46.1 Å². The molecule has 3 atom stereocenters. The fourth-order valence-corrected chi connectivity index (χ4v) is 3.64. The van der Waals surface area contributed by atoms with Crippen molar-refractivity contribution in [2.75, 3.05) is 11.9 Å². The third-order valence-electron chi connectivity index (χ3n) is 4.46. The molecule has 1 aliphatic heterocycles. The molecule has 1 unspecified atom stereocenters. The molecule has 3 aromatic rings. The highest BCUT2D eigenvalue weighted by atomic mass is 127. The molecule has 3 N–H and O–H groups in total. The molecule has 2 aromatic heterocycles. The Morgan fingerprint density at radius 1 is 1.27 bits per heavy atom. The molecule has 0 spiro atoms. The number of hydrogen-bond donors (Lipinski definition) is 3.